The van der Waals surface area contributed by atoms with E-state index >= 15 is 0 Å². The topological polar surface area (TPSA) is 99.3 Å². The highest BCUT2D eigenvalue weighted by molar-refractivity contribution is 6.08. The fourth-order valence-electron chi connectivity index (χ4n) is 5.21. The Bertz CT molecular complexity index is 1380. The highest BCUT2D eigenvalue weighted by Gasteiger charge is 2.34. The van der Waals surface area contributed by atoms with Gasteiger partial charge in [0.2, 0.25) is 5.91 Å². The normalized spacial score (nSPS) is 16.3. The van der Waals surface area contributed by atoms with E-state index in [1.54, 1.807) is 21.9 Å². The molecule has 0 atom stereocenters. The fraction of sp³-hybridized carbons (Fsp3) is 0.310. The molecule has 2 aromatic carbocycles. The molecule has 2 aromatic rings. The molecule has 0 radical (unpaired) electrons. The molecule has 0 aromatic heterocycles. The Kier molecular flexibility index (Phi) is 6.75. The Morgan fingerprint density at radius 3 is 2.42 bits per heavy atom. The molecule has 1 N–H and O–H groups in total. The standard InChI is InChI=1S/C29H30N4O5/c1-18(28(36)31-12-5-4-6-13-31)30-27(35)19(2)33-17-24-22(8-7-9-23(24)29(33)37)21-10-11-25-26(16-21)38-15-14-32(25)20(3)34/h7-11,16H,1-2,4-6,12-15,17H2,3H3,(H,30,35). The Labute approximate surface area is 221 Å². The van der Waals surface area contributed by atoms with E-state index < -0.39 is 5.91 Å². The summed E-state index contributed by atoms with van der Waals surface area (Å²) < 4.78 is 5.82. The third-order valence-corrected chi connectivity index (χ3v) is 7.24. The van der Waals surface area contributed by atoms with Gasteiger partial charge in [-0.25, -0.2) is 0 Å². The average molecular weight is 515 g/mol. The number of fused-ring (bicyclic) bond motifs is 2. The maximum atomic E-state index is 13.3. The highest BCUT2D eigenvalue weighted by Crippen LogP contribution is 2.39. The third-order valence-electron chi connectivity index (χ3n) is 7.24. The smallest absolute Gasteiger partial charge is 0.271 e. The number of amides is 4. The quantitative estimate of drug-likeness (QED) is 0.618. The summed E-state index contributed by atoms with van der Waals surface area (Å²) in [5.41, 5.74) is 3.51. The van der Waals surface area contributed by atoms with Crippen LogP contribution in [0.15, 0.2) is 61.0 Å². The third kappa shape index (κ3) is 4.55. The number of benzene rings is 2. The van der Waals surface area contributed by atoms with Gasteiger partial charge in [-0.15, -0.1) is 0 Å². The van der Waals surface area contributed by atoms with Gasteiger partial charge in [-0.05, 0) is 54.2 Å². The summed E-state index contributed by atoms with van der Waals surface area (Å²) in [5, 5.41) is 2.53. The summed E-state index contributed by atoms with van der Waals surface area (Å²) in [5.74, 6) is -0.756. The van der Waals surface area contributed by atoms with Crippen LogP contribution in [-0.2, 0) is 20.9 Å². The second-order valence-corrected chi connectivity index (χ2v) is 9.66. The average Bonchev–Trinajstić information content (AvgIpc) is 3.28. The minimum atomic E-state index is -0.644. The highest BCUT2D eigenvalue weighted by atomic mass is 16.5. The molecule has 1 saturated heterocycles. The molecule has 3 aliphatic heterocycles. The largest absolute Gasteiger partial charge is 0.490 e. The molecular formula is C29H30N4O5. The number of ether oxygens (including phenoxy) is 1. The number of nitrogens with one attached hydrogen (secondary N) is 1. The van der Waals surface area contributed by atoms with Crippen LogP contribution in [0, 0.1) is 0 Å². The van der Waals surface area contributed by atoms with Crippen molar-refractivity contribution in [3.63, 3.8) is 0 Å². The summed E-state index contributed by atoms with van der Waals surface area (Å²) >= 11 is 0. The first-order valence-electron chi connectivity index (χ1n) is 12.7. The first kappa shape index (κ1) is 25.3. The Morgan fingerprint density at radius 1 is 0.947 bits per heavy atom. The van der Waals surface area contributed by atoms with Crippen molar-refractivity contribution in [1.82, 2.24) is 15.1 Å². The van der Waals surface area contributed by atoms with Crippen molar-refractivity contribution in [2.24, 2.45) is 0 Å². The molecule has 3 aliphatic rings. The van der Waals surface area contributed by atoms with Gasteiger partial charge in [0.25, 0.3) is 17.7 Å². The summed E-state index contributed by atoms with van der Waals surface area (Å²) in [6, 6.07) is 11.0. The SMILES string of the molecule is C=C(NC(=O)C(=C)N1Cc2c(cccc2-c2ccc3c(c2)OCCN3C(C)=O)C1=O)C(=O)N1CCCCC1. The molecule has 3 heterocycles. The zero-order valence-electron chi connectivity index (χ0n) is 21.4. The van der Waals surface area contributed by atoms with Crippen LogP contribution < -0.4 is 15.0 Å². The second-order valence-electron chi connectivity index (χ2n) is 9.66. The second kappa shape index (κ2) is 10.2. The summed E-state index contributed by atoms with van der Waals surface area (Å²) in [7, 11) is 0. The van der Waals surface area contributed by atoms with Crippen LogP contribution >= 0.6 is 0 Å². The van der Waals surface area contributed by atoms with Crippen LogP contribution in [0.2, 0.25) is 0 Å². The molecule has 196 valence electrons. The van der Waals surface area contributed by atoms with E-state index in [0.717, 1.165) is 36.0 Å². The van der Waals surface area contributed by atoms with Crippen LogP contribution in [0.3, 0.4) is 0 Å². The molecule has 9 heteroatoms. The lowest BCUT2D eigenvalue weighted by Gasteiger charge is -2.29. The van der Waals surface area contributed by atoms with Gasteiger partial charge in [0.1, 0.15) is 18.1 Å². The van der Waals surface area contributed by atoms with Gasteiger partial charge >= 0.3 is 0 Å². The van der Waals surface area contributed by atoms with Crippen LogP contribution in [0.4, 0.5) is 5.69 Å². The molecule has 0 saturated carbocycles. The van der Waals surface area contributed by atoms with Gasteiger partial charge in [-0.1, -0.05) is 31.4 Å². The predicted octanol–water partition coefficient (Wildman–Crippen LogP) is 3.21. The van der Waals surface area contributed by atoms with E-state index in [1.165, 1.54) is 11.8 Å². The van der Waals surface area contributed by atoms with Gasteiger partial charge in [-0.3, -0.25) is 24.1 Å². The molecular weight excluding hydrogens is 484 g/mol. The molecule has 38 heavy (non-hydrogen) atoms. The lowest BCUT2D eigenvalue weighted by molar-refractivity contribution is -0.130. The van der Waals surface area contributed by atoms with E-state index in [-0.39, 0.29) is 35.7 Å². The van der Waals surface area contributed by atoms with Crippen molar-refractivity contribution in [2.45, 2.75) is 32.7 Å². The van der Waals surface area contributed by atoms with Crippen LogP contribution in [0.25, 0.3) is 11.1 Å². The van der Waals surface area contributed by atoms with Gasteiger partial charge < -0.3 is 19.9 Å². The Morgan fingerprint density at radius 2 is 1.68 bits per heavy atom. The maximum absolute atomic E-state index is 13.3. The molecule has 0 unspecified atom stereocenters. The molecule has 4 amide bonds. The zero-order chi connectivity index (χ0) is 27.0. The number of hydrogen-bond donors (Lipinski definition) is 1. The van der Waals surface area contributed by atoms with Crippen molar-refractivity contribution in [3.8, 4) is 16.9 Å². The Hall–Kier alpha value is -4.40. The molecule has 0 aliphatic carbocycles. The molecule has 0 bridgehead atoms. The summed E-state index contributed by atoms with van der Waals surface area (Å²) in [4.78, 5) is 55.5. The van der Waals surface area contributed by atoms with E-state index in [9.17, 15) is 19.2 Å². The number of rotatable bonds is 5. The van der Waals surface area contributed by atoms with E-state index in [0.29, 0.717) is 43.2 Å². The van der Waals surface area contributed by atoms with Crippen molar-refractivity contribution >= 4 is 29.3 Å². The first-order chi connectivity index (χ1) is 18.3. The van der Waals surface area contributed by atoms with E-state index in [2.05, 4.69) is 18.5 Å². The number of carbonyl (C=O) groups excluding carboxylic acids is 4. The number of hydrogen-bond acceptors (Lipinski definition) is 5. The predicted molar refractivity (Wildman–Crippen MR) is 142 cm³/mol. The number of carbonyl (C=O) groups is 4. The molecule has 5 rings (SSSR count). The van der Waals surface area contributed by atoms with Crippen molar-refractivity contribution < 1.29 is 23.9 Å². The number of anilines is 1. The van der Waals surface area contributed by atoms with Crippen LogP contribution in [-0.4, -0.2) is 59.7 Å². The molecule has 1 fully saturated rings. The Balaban J connectivity index is 1.34. The minimum Gasteiger partial charge on any atom is -0.490 e. The summed E-state index contributed by atoms with van der Waals surface area (Å²) in [6.07, 6.45) is 2.93. The maximum Gasteiger partial charge on any atom is 0.271 e. The minimum absolute atomic E-state index is 0.0310. The van der Waals surface area contributed by atoms with Gasteiger partial charge in [0.15, 0.2) is 0 Å². The fourth-order valence-corrected chi connectivity index (χ4v) is 5.21. The monoisotopic (exact) mass is 514 g/mol. The zero-order valence-corrected chi connectivity index (χ0v) is 21.4. The van der Waals surface area contributed by atoms with Crippen molar-refractivity contribution in [2.75, 3.05) is 31.1 Å². The van der Waals surface area contributed by atoms with Gasteiger partial charge in [0, 0.05) is 25.6 Å². The van der Waals surface area contributed by atoms with Gasteiger partial charge in [0.05, 0.1) is 24.5 Å². The van der Waals surface area contributed by atoms with Crippen molar-refractivity contribution in [1.29, 1.82) is 0 Å². The van der Waals surface area contributed by atoms with Crippen LogP contribution in [0.1, 0.15) is 42.1 Å². The number of piperidine rings is 1. The lowest BCUT2D eigenvalue weighted by Crippen LogP contribution is -2.42. The number of nitrogens with zero attached hydrogens (tertiary/aromatic N) is 3. The summed E-state index contributed by atoms with van der Waals surface area (Å²) in [6.45, 7) is 11.4. The van der Waals surface area contributed by atoms with E-state index in [4.69, 9.17) is 4.74 Å². The lowest BCUT2D eigenvalue weighted by atomic mass is 9.96. The van der Waals surface area contributed by atoms with E-state index in [1.807, 2.05) is 24.3 Å². The molecule has 0 spiro atoms. The van der Waals surface area contributed by atoms with Crippen LogP contribution in [0.5, 0.6) is 5.75 Å². The van der Waals surface area contributed by atoms with Crippen molar-refractivity contribution in [3.05, 3.63) is 72.1 Å². The number of likely N-dealkylation sites (tertiary alicyclic amines) is 1. The van der Waals surface area contributed by atoms with Gasteiger partial charge in [-0.2, -0.15) is 0 Å². The first-order valence-corrected chi connectivity index (χ1v) is 12.7. The molecule has 9 nitrogen and oxygen atoms in total.